The van der Waals surface area contributed by atoms with Crippen LogP contribution in [-0.2, 0) is 0 Å². The minimum absolute atomic E-state index is 0.537. The Hall–Kier alpha value is 0.660. The number of aryl methyl sites for hydroxylation is 1. The van der Waals surface area contributed by atoms with E-state index in [1.807, 2.05) is 11.3 Å². The molecule has 3 atom stereocenters. The lowest BCUT2D eigenvalue weighted by molar-refractivity contribution is -0.101. The van der Waals surface area contributed by atoms with E-state index in [2.05, 4.69) is 51.8 Å². The molecule has 3 unspecified atom stereocenters. The fourth-order valence-electron chi connectivity index (χ4n) is 6.00. The van der Waals surface area contributed by atoms with E-state index in [0.29, 0.717) is 15.7 Å². The smallest absolute Gasteiger partial charge is 0.0730 e. The van der Waals surface area contributed by atoms with Gasteiger partial charge in [-0.15, -0.1) is 11.3 Å². The number of thiophene rings is 1. The van der Waals surface area contributed by atoms with Gasteiger partial charge in [0.05, 0.1) is 8.61 Å². The molecule has 1 aromatic heterocycles. The molecule has 0 aliphatic heterocycles. The zero-order valence-corrected chi connectivity index (χ0v) is 16.2. The van der Waals surface area contributed by atoms with Crippen LogP contribution in [0.2, 0.25) is 0 Å². The molecule has 5 rings (SSSR count). The second-order valence-electron chi connectivity index (χ2n) is 8.10. The highest BCUT2D eigenvalue weighted by Gasteiger charge is 2.58. The highest BCUT2D eigenvalue weighted by atomic mass is 79.9. The van der Waals surface area contributed by atoms with Crippen molar-refractivity contribution in [3.63, 3.8) is 0 Å². The van der Waals surface area contributed by atoms with Crippen LogP contribution >= 0.6 is 43.2 Å². The summed E-state index contributed by atoms with van der Waals surface area (Å²) in [4.78, 5) is 2.11. The molecule has 110 valence electrons. The fourth-order valence-corrected chi connectivity index (χ4v) is 8.64. The minimum atomic E-state index is 0.537. The van der Waals surface area contributed by atoms with Crippen molar-refractivity contribution in [1.29, 1.82) is 0 Å². The Morgan fingerprint density at radius 2 is 1.90 bits per heavy atom. The van der Waals surface area contributed by atoms with Crippen LogP contribution in [0, 0.1) is 29.6 Å². The molecule has 3 heteroatoms. The quantitative estimate of drug-likeness (QED) is 0.461. The molecule has 0 aromatic carbocycles. The molecule has 4 aliphatic carbocycles. The number of hydrogen-bond acceptors (Lipinski definition) is 1. The molecule has 0 saturated heterocycles. The van der Waals surface area contributed by atoms with Crippen molar-refractivity contribution < 1.29 is 0 Å². The first kappa shape index (κ1) is 14.3. The first-order valence-electron chi connectivity index (χ1n) is 7.79. The molecule has 0 N–H and O–H groups in total. The SMILES string of the molecule is Cc1cc(C(Br)C23CC4CC(CC(C)(C4)C2)C3)sc1Br. The van der Waals surface area contributed by atoms with Gasteiger partial charge in [0.15, 0.2) is 0 Å². The fraction of sp³-hybridized carbons (Fsp3) is 0.765. The lowest BCUT2D eigenvalue weighted by atomic mass is 9.44. The summed E-state index contributed by atoms with van der Waals surface area (Å²) in [5, 5.41) is 0. The summed E-state index contributed by atoms with van der Waals surface area (Å²) in [5.41, 5.74) is 2.57. The normalized spacial score (nSPS) is 44.0. The zero-order chi connectivity index (χ0) is 14.1. The summed E-state index contributed by atoms with van der Waals surface area (Å²) < 4.78 is 1.31. The van der Waals surface area contributed by atoms with Gasteiger partial charge in [-0.25, -0.2) is 0 Å². The standard InChI is InChI=1S/C17H22Br2S/c1-10-3-13(20-15(10)19)14(18)17-7-11-4-12(8-17)6-16(2,5-11)9-17/h3,11-12,14H,4-9H2,1-2H3. The van der Waals surface area contributed by atoms with Gasteiger partial charge in [0.25, 0.3) is 0 Å². The van der Waals surface area contributed by atoms with Gasteiger partial charge in [-0.05, 0) is 95.7 Å². The van der Waals surface area contributed by atoms with Crippen molar-refractivity contribution in [2.45, 2.75) is 57.2 Å². The molecule has 4 aliphatic rings. The van der Waals surface area contributed by atoms with E-state index in [-0.39, 0.29) is 0 Å². The molecule has 1 aromatic rings. The zero-order valence-electron chi connectivity index (χ0n) is 12.2. The third kappa shape index (κ3) is 2.10. The molecule has 4 bridgehead atoms. The van der Waals surface area contributed by atoms with Crippen molar-refractivity contribution >= 4 is 43.2 Å². The lowest BCUT2D eigenvalue weighted by Crippen LogP contribution is -2.52. The van der Waals surface area contributed by atoms with Crippen LogP contribution in [0.4, 0.5) is 0 Å². The van der Waals surface area contributed by atoms with Crippen LogP contribution in [0.5, 0.6) is 0 Å². The Bertz CT molecular complexity index is 514. The van der Waals surface area contributed by atoms with E-state index >= 15 is 0 Å². The molecule has 0 radical (unpaired) electrons. The van der Waals surface area contributed by atoms with Crippen LogP contribution in [0.3, 0.4) is 0 Å². The minimum Gasteiger partial charge on any atom is -0.132 e. The lowest BCUT2D eigenvalue weighted by Gasteiger charge is -2.62. The number of hydrogen-bond donors (Lipinski definition) is 0. The van der Waals surface area contributed by atoms with Gasteiger partial charge in [0.1, 0.15) is 0 Å². The van der Waals surface area contributed by atoms with Crippen molar-refractivity contribution in [3.8, 4) is 0 Å². The molecule has 20 heavy (non-hydrogen) atoms. The molecular formula is C17H22Br2S. The number of halogens is 2. The molecule has 1 heterocycles. The van der Waals surface area contributed by atoms with Gasteiger partial charge in [0.2, 0.25) is 0 Å². The average Bonchev–Trinajstić information content (AvgIpc) is 2.65. The highest BCUT2D eigenvalue weighted by molar-refractivity contribution is 9.11. The molecular weight excluding hydrogens is 396 g/mol. The van der Waals surface area contributed by atoms with Gasteiger partial charge in [-0.2, -0.15) is 0 Å². The van der Waals surface area contributed by atoms with Crippen molar-refractivity contribution in [2.24, 2.45) is 22.7 Å². The summed E-state index contributed by atoms with van der Waals surface area (Å²) in [6.45, 7) is 4.78. The first-order chi connectivity index (χ1) is 9.39. The molecule has 0 amide bonds. The molecule has 4 fully saturated rings. The van der Waals surface area contributed by atoms with Gasteiger partial charge in [-0.1, -0.05) is 22.9 Å². The summed E-state index contributed by atoms with van der Waals surface area (Å²) in [5.74, 6) is 2.01. The summed E-state index contributed by atoms with van der Waals surface area (Å²) in [7, 11) is 0. The van der Waals surface area contributed by atoms with E-state index in [1.165, 1.54) is 47.9 Å². The van der Waals surface area contributed by atoms with Gasteiger partial charge in [0, 0.05) is 4.88 Å². The van der Waals surface area contributed by atoms with E-state index in [9.17, 15) is 0 Å². The second-order valence-corrected chi connectivity index (χ2v) is 11.4. The number of rotatable bonds is 2. The van der Waals surface area contributed by atoms with Crippen molar-refractivity contribution in [1.82, 2.24) is 0 Å². The second kappa shape index (κ2) is 4.58. The largest absolute Gasteiger partial charge is 0.132 e. The third-order valence-corrected chi connectivity index (χ3v) is 10.0. The van der Waals surface area contributed by atoms with Crippen LogP contribution in [0.1, 0.15) is 60.7 Å². The van der Waals surface area contributed by atoms with Gasteiger partial charge in [-0.3, -0.25) is 0 Å². The maximum Gasteiger partial charge on any atom is 0.0730 e. The van der Waals surface area contributed by atoms with E-state index in [4.69, 9.17) is 0 Å². The molecule has 0 spiro atoms. The molecule has 4 saturated carbocycles. The van der Waals surface area contributed by atoms with Crippen molar-refractivity contribution in [3.05, 3.63) is 20.3 Å². The third-order valence-electron chi connectivity index (χ3n) is 6.06. The van der Waals surface area contributed by atoms with E-state index in [0.717, 1.165) is 11.8 Å². The predicted octanol–water partition coefficient (Wildman–Crippen LogP) is 6.86. The monoisotopic (exact) mass is 416 g/mol. The summed E-state index contributed by atoms with van der Waals surface area (Å²) in [6.07, 6.45) is 8.88. The van der Waals surface area contributed by atoms with Gasteiger partial charge < -0.3 is 0 Å². The summed E-state index contributed by atoms with van der Waals surface area (Å²) >= 11 is 9.78. The topological polar surface area (TPSA) is 0 Å². The Morgan fingerprint density at radius 3 is 2.40 bits per heavy atom. The average molecular weight is 418 g/mol. The maximum absolute atomic E-state index is 4.14. The van der Waals surface area contributed by atoms with Crippen LogP contribution < -0.4 is 0 Å². The summed E-state index contributed by atoms with van der Waals surface area (Å²) in [6, 6.07) is 2.40. The van der Waals surface area contributed by atoms with E-state index in [1.54, 1.807) is 4.88 Å². The maximum atomic E-state index is 4.14. The Morgan fingerprint density at radius 1 is 1.25 bits per heavy atom. The Kier molecular flexibility index (Phi) is 3.27. The Balaban J connectivity index is 1.70. The van der Waals surface area contributed by atoms with E-state index < -0.39 is 0 Å². The highest BCUT2D eigenvalue weighted by Crippen LogP contribution is 2.70. The number of alkyl halides is 1. The molecule has 0 nitrogen and oxygen atoms in total. The first-order valence-corrected chi connectivity index (χ1v) is 10.3. The van der Waals surface area contributed by atoms with Crippen LogP contribution in [-0.4, -0.2) is 0 Å². The predicted molar refractivity (Wildman–Crippen MR) is 93.6 cm³/mol. The van der Waals surface area contributed by atoms with Gasteiger partial charge >= 0.3 is 0 Å². The van der Waals surface area contributed by atoms with Crippen molar-refractivity contribution in [2.75, 3.05) is 0 Å². The Labute approximate surface area is 143 Å². The van der Waals surface area contributed by atoms with Crippen LogP contribution in [0.25, 0.3) is 0 Å². The van der Waals surface area contributed by atoms with Crippen LogP contribution in [0.15, 0.2) is 9.85 Å².